The number of rotatable bonds is 6. The van der Waals surface area contributed by atoms with Gasteiger partial charge in [-0.15, -0.1) is 11.3 Å². The summed E-state index contributed by atoms with van der Waals surface area (Å²) in [4.78, 5) is 7.12. The van der Waals surface area contributed by atoms with Gasteiger partial charge in [-0.2, -0.15) is 0 Å². The van der Waals surface area contributed by atoms with Crippen LogP contribution in [0.2, 0.25) is 0 Å². The molecule has 1 atom stereocenters. The zero-order chi connectivity index (χ0) is 17.1. The van der Waals surface area contributed by atoms with Crippen LogP contribution in [0.15, 0.2) is 40.8 Å². The number of nitrogens with zero attached hydrogens (tertiary/aromatic N) is 2. The van der Waals surface area contributed by atoms with E-state index in [1.165, 1.54) is 4.70 Å². The van der Waals surface area contributed by atoms with Gasteiger partial charge >= 0.3 is 0 Å². The van der Waals surface area contributed by atoms with Gasteiger partial charge in [-0.1, -0.05) is 12.1 Å². The minimum Gasteiger partial charge on any atom is -0.457 e. The van der Waals surface area contributed by atoms with Crippen molar-refractivity contribution in [3.05, 3.63) is 42.2 Å². The number of thiazole rings is 1. The van der Waals surface area contributed by atoms with Crippen molar-refractivity contribution in [1.29, 1.82) is 0 Å². The van der Waals surface area contributed by atoms with E-state index < -0.39 is 0 Å². The van der Waals surface area contributed by atoms with E-state index in [-0.39, 0.29) is 0 Å². The number of aromatic nitrogens is 1. The van der Waals surface area contributed by atoms with Crippen molar-refractivity contribution in [1.82, 2.24) is 15.2 Å². The lowest BCUT2D eigenvalue weighted by molar-refractivity contribution is 0.0203. The Morgan fingerprint density at radius 3 is 2.88 bits per heavy atom. The maximum atomic E-state index is 5.98. The van der Waals surface area contributed by atoms with Gasteiger partial charge < -0.3 is 14.5 Å². The van der Waals surface area contributed by atoms with Crippen molar-refractivity contribution in [2.24, 2.45) is 0 Å². The highest BCUT2D eigenvalue weighted by Gasteiger charge is 2.16. The summed E-state index contributed by atoms with van der Waals surface area (Å²) in [5.74, 6) is 1.79. The maximum absolute atomic E-state index is 5.98. The second-order valence-corrected chi connectivity index (χ2v) is 7.41. The van der Waals surface area contributed by atoms with Crippen molar-refractivity contribution < 1.29 is 9.15 Å². The van der Waals surface area contributed by atoms with Crippen LogP contribution in [0, 0.1) is 0 Å². The van der Waals surface area contributed by atoms with Crippen LogP contribution in [0.25, 0.3) is 21.0 Å². The molecular formula is C19H23N3O2S. The molecule has 4 rings (SSSR count). The summed E-state index contributed by atoms with van der Waals surface area (Å²) in [7, 11) is 0. The van der Waals surface area contributed by atoms with E-state index in [1.54, 1.807) is 11.3 Å². The Morgan fingerprint density at radius 1 is 1.20 bits per heavy atom. The topological polar surface area (TPSA) is 50.5 Å². The highest BCUT2D eigenvalue weighted by Crippen LogP contribution is 2.31. The lowest BCUT2D eigenvalue weighted by atomic mass is 10.2. The molecular weight excluding hydrogens is 334 g/mol. The van der Waals surface area contributed by atoms with Gasteiger partial charge in [-0.25, -0.2) is 4.98 Å². The SMILES string of the molecule is C[C@H](CNCc1ccc(-c2nc3ccccc3s2)o1)N1CCOCC1. The normalized spacial score (nSPS) is 17.2. The van der Waals surface area contributed by atoms with Crippen LogP contribution in [-0.2, 0) is 11.3 Å². The Bertz CT molecular complexity index is 790. The Hall–Kier alpha value is -1.73. The molecule has 0 bridgehead atoms. The average Bonchev–Trinajstić information content (AvgIpc) is 3.29. The molecule has 3 aromatic rings. The van der Waals surface area contributed by atoms with E-state index in [0.29, 0.717) is 6.04 Å². The molecule has 1 N–H and O–H groups in total. The van der Waals surface area contributed by atoms with Crippen LogP contribution < -0.4 is 5.32 Å². The third-order valence-corrected chi connectivity index (χ3v) is 5.63. The lowest BCUT2D eigenvalue weighted by Gasteiger charge is -2.32. The Balaban J connectivity index is 1.33. The lowest BCUT2D eigenvalue weighted by Crippen LogP contribution is -2.46. The molecule has 5 nitrogen and oxygen atoms in total. The molecule has 1 aliphatic rings. The first-order valence-corrected chi connectivity index (χ1v) is 9.58. The van der Waals surface area contributed by atoms with Gasteiger partial charge in [0.05, 0.1) is 30.0 Å². The van der Waals surface area contributed by atoms with Gasteiger partial charge in [0, 0.05) is 25.7 Å². The van der Waals surface area contributed by atoms with Crippen molar-refractivity contribution in [2.45, 2.75) is 19.5 Å². The second-order valence-electron chi connectivity index (χ2n) is 6.38. The summed E-state index contributed by atoms with van der Waals surface area (Å²) in [6, 6.07) is 12.7. The molecule has 0 spiro atoms. The third-order valence-electron chi connectivity index (χ3n) is 4.57. The summed E-state index contributed by atoms with van der Waals surface area (Å²) in [5, 5.41) is 4.44. The number of para-hydroxylation sites is 1. The summed E-state index contributed by atoms with van der Waals surface area (Å²) in [6.45, 7) is 7.66. The number of ether oxygens (including phenoxy) is 1. The Labute approximate surface area is 151 Å². The molecule has 1 aliphatic heterocycles. The second kappa shape index (κ2) is 7.66. The zero-order valence-electron chi connectivity index (χ0n) is 14.4. The van der Waals surface area contributed by atoms with E-state index >= 15 is 0 Å². The van der Waals surface area contributed by atoms with Crippen molar-refractivity contribution in [3.8, 4) is 10.8 Å². The largest absolute Gasteiger partial charge is 0.457 e. The van der Waals surface area contributed by atoms with E-state index in [9.17, 15) is 0 Å². The fourth-order valence-corrected chi connectivity index (χ4v) is 4.04. The molecule has 25 heavy (non-hydrogen) atoms. The molecule has 0 saturated carbocycles. The van der Waals surface area contributed by atoms with E-state index in [1.807, 2.05) is 30.3 Å². The monoisotopic (exact) mass is 357 g/mol. The smallest absolute Gasteiger partial charge is 0.163 e. The minimum atomic E-state index is 0.502. The molecule has 2 aromatic heterocycles. The molecule has 1 saturated heterocycles. The quantitative estimate of drug-likeness (QED) is 0.733. The molecule has 6 heteroatoms. The summed E-state index contributed by atoms with van der Waals surface area (Å²) in [6.07, 6.45) is 0. The standard InChI is InChI=1S/C19H23N3O2S/c1-14(22-8-10-23-11-9-22)12-20-13-15-6-7-17(24-15)19-21-16-4-2-3-5-18(16)25-19/h2-7,14,20H,8-13H2,1H3/t14-/m1/s1. The van der Waals surface area contributed by atoms with Crippen molar-refractivity contribution in [3.63, 3.8) is 0 Å². The van der Waals surface area contributed by atoms with E-state index in [0.717, 1.165) is 61.4 Å². The number of fused-ring (bicyclic) bond motifs is 1. The van der Waals surface area contributed by atoms with Crippen molar-refractivity contribution >= 4 is 21.6 Å². The third kappa shape index (κ3) is 3.93. The molecule has 1 aromatic carbocycles. The average molecular weight is 357 g/mol. The van der Waals surface area contributed by atoms with Crippen LogP contribution in [0.1, 0.15) is 12.7 Å². The summed E-state index contributed by atoms with van der Waals surface area (Å²) in [5.41, 5.74) is 1.03. The molecule has 132 valence electrons. The molecule has 0 aliphatic carbocycles. The summed E-state index contributed by atoms with van der Waals surface area (Å²) < 4.78 is 12.6. The minimum absolute atomic E-state index is 0.502. The van der Waals surface area contributed by atoms with E-state index in [2.05, 4.69) is 28.2 Å². The maximum Gasteiger partial charge on any atom is 0.163 e. The van der Waals surface area contributed by atoms with Gasteiger partial charge in [0.1, 0.15) is 5.76 Å². The predicted octanol–water partition coefficient (Wildman–Crippen LogP) is 3.37. The van der Waals surface area contributed by atoms with Gasteiger partial charge in [0.2, 0.25) is 0 Å². The highest BCUT2D eigenvalue weighted by molar-refractivity contribution is 7.21. The van der Waals surface area contributed by atoms with E-state index in [4.69, 9.17) is 9.15 Å². The molecule has 0 radical (unpaired) electrons. The number of hydrogen-bond donors (Lipinski definition) is 1. The first kappa shape index (κ1) is 16.7. The first-order chi connectivity index (χ1) is 12.3. The number of nitrogens with one attached hydrogen (secondary N) is 1. The fraction of sp³-hybridized carbons (Fsp3) is 0.421. The van der Waals surface area contributed by atoms with Gasteiger partial charge in [0.15, 0.2) is 10.8 Å². The number of hydrogen-bond acceptors (Lipinski definition) is 6. The molecule has 0 amide bonds. The number of morpholine rings is 1. The van der Waals surface area contributed by atoms with Gasteiger partial charge in [-0.3, -0.25) is 4.90 Å². The van der Waals surface area contributed by atoms with Crippen LogP contribution in [0.4, 0.5) is 0 Å². The van der Waals surface area contributed by atoms with Crippen molar-refractivity contribution in [2.75, 3.05) is 32.8 Å². The Morgan fingerprint density at radius 2 is 2.04 bits per heavy atom. The number of furan rings is 1. The Kier molecular flexibility index (Phi) is 5.12. The van der Waals surface area contributed by atoms with Crippen LogP contribution in [0.5, 0.6) is 0 Å². The van der Waals surface area contributed by atoms with Gasteiger partial charge in [0.25, 0.3) is 0 Å². The molecule has 3 heterocycles. The highest BCUT2D eigenvalue weighted by atomic mass is 32.1. The van der Waals surface area contributed by atoms with Crippen LogP contribution >= 0.6 is 11.3 Å². The van der Waals surface area contributed by atoms with Gasteiger partial charge in [-0.05, 0) is 31.2 Å². The van der Waals surface area contributed by atoms with Crippen LogP contribution in [-0.4, -0.2) is 48.8 Å². The zero-order valence-corrected chi connectivity index (χ0v) is 15.2. The summed E-state index contributed by atoms with van der Waals surface area (Å²) >= 11 is 1.67. The molecule has 1 fully saturated rings. The predicted molar refractivity (Wildman–Crippen MR) is 101 cm³/mol. The number of benzene rings is 1. The first-order valence-electron chi connectivity index (χ1n) is 8.77. The fourth-order valence-electron chi connectivity index (χ4n) is 3.12. The molecule has 0 unspecified atom stereocenters. The van der Waals surface area contributed by atoms with Crippen LogP contribution in [0.3, 0.4) is 0 Å².